The van der Waals surface area contributed by atoms with Gasteiger partial charge in [0.15, 0.2) is 0 Å². The van der Waals surface area contributed by atoms with E-state index in [0.29, 0.717) is 13.2 Å². The lowest BCUT2D eigenvalue weighted by molar-refractivity contribution is -0.175. The molecule has 0 aromatic heterocycles. The smallest absolute Gasteiger partial charge is 0.411 e. The number of hydrogen-bond acceptors (Lipinski definition) is 5. The highest BCUT2D eigenvalue weighted by Crippen LogP contribution is 2.14. The van der Waals surface area contributed by atoms with Gasteiger partial charge in [-0.1, -0.05) is 0 Å². The van der Waals surface area contributed by atoms with Crippen LogP contribution in [0.2, 0.25) is 0 Å². The Morgan fingerprint density at radius 1 is 1.17 bits per heavy atom. The standard InChI is InChI=1S/C10H18F3NO4/c1-16-5-3-14(7-9(15)17-2)4-6-18-8-10(11,12)13/h3-8H2,1-2H3. The van der Waals surface area contributed by atoms with Crippen LogP contribution < -0.4 is 0 Å². The van der Waals surface area contributed by atoms with Crippen molar-refractivity contribution in [2.75, 3.05) is 53.7 Å². The fourth-order valence-electron chi connectivity index (χ4n) is 1.12. The van der Waals surface area contributed by atoms with Gasteiger partial charge in [-0.05, 0) is 0 Å². The highest BCUT2D eigenvalue weighted by molar-refractivity contribution is 5.71. The molecule has 108 valence electrons. The Morgan fingerprint density at radius 3 is 2.28 bits per heavy atom. The summed E-state index contributed by atoms with van der Waals surface area (Å²) in [4.78, 5) is 12.7. The Kier molecular flexibility index (Phi) is 8.69. The summed E-state index contributed by atoms with van der Waals surface area (Å²) < 4.78 is 49.2. The predicted molar refractivity (Wildman–Crippen MR) is 57.2 cm³/mol. The van der Waals surface area contributed by atoms with Gasteiger partial charge in [0.2, 0.25) is 0 Å². The molecule has 0 saturated heterocycles. The molecule has 0 aromatic rings. The third-order valence-electron chi connectivity index (χ3n) is 2.01. The fourth-order valence-corrected chi connectivity index (χ4v) is 1.12. The van der Waals surface area contributed by atoms with Crippen LogP contribution in [-0.2, 0) is 19.0 Å². The van der Waals surface area contributed by atoms with Gasteiger partial charge in [-0.15, -0.1) is 0 Å². The van der Waals surface area contributed by atoms with Crippen LogP contribution >= 0.6 is 0 Å². The lowest BCUT2D eigenvalue weighted by atomic mass is 10.4. The van der Waals surface area contributed by atoms with E-state index in [4.69, 9.17) is 4.74 Å². The third kappa shape index (κ3) is 10.3. The maximum Gasteiger partial charge on any atom is 0.411 e. The van der Waals surface area contributed by atoms with Crippen LogP contribution in [0.1, 0.15) is 0 Å². The first-order valence-electron chi connectivity index (χ1n) is 5.31. The molecule has 0 saturated carbocycles. The minimum absolute atomic E-state index is 0.00472. The number of carbonyl (C=O) groups is 1. The van der Waals surface area contributed by atoms with E-state index in [1.54, 1.807) is 4.90 Å². The summed E-state index contributed by atoms with van der Waals surface area (Å²) in [6.07, 6.45) is -4.33. The van der Waals surface area contributed by atoms with Crippen molar-refractivity contribution in [1.29, 1.82) is 0 Å². The number of halogens is 3. The van der Waals surface area contributed by atoms with Gasteiger partial charge in [0, 0.05) is 20.2 Å². The van der Waals surface area contributed by atoms with Gasteiger partial charge in [0.25, 0.3) is 0 Å². The molecule has 0 aliphatic rings. The molecule has 0 amide bonds. The zero-order valence-electron chi connectivity index (χ0n) is 10.5. The Labute approximate surface area is 104 Å². The van der Waals surface area contributed by atoms with Gasteiger partial charge in [-0.25, -0.2) is 0 Å². The molecule has 0 radical (unpaired) electrons. The monoisotopic (exact) mass is 273 g/mol. The molecule has 8 heteroatoms. The van der Waals surface area contributed by atoms with Crippen LogP contribution in [0.15, 0.2) is 0 Å². The van der Waals surface area contributed by atoms with Crippen LogP contribution in [0.4, 0.5) is 13.2 Å². The van der Waals surface area contributed by atoms with E-state index in [9.17, 15) is 18.0 Å². The first kappa shape index (κ1) is 17.1. The molecule has 0 aromatic carbocycles. The van der Waals surface area contributed by atoms with Crippen LogP contribution in [-0.4, -0.2) is 70.7 Å². The summed E-state index contributed by atoms with van der Waals surface area (Å²) in [5.41, 5.74) is 0. The molecule has 18 heavy (non-hydrogen) atoms. The zero-order chi connectivity index (χ0) is 14.0. The van der Waals surface area contributed by atoms with Gasteiger partial charge in [-0.2, -0.15) is 13.2 Å². The quantitative estimate of drug-likeness (QED) is 0.457. The van der Waals surface area contributed by atoms with Crippen molar-refractivity contribution in [3.05, 3.63) is 0 Å². The molecule has 0 spiro atoms. The Hall–Kier alpha value is -0.860. The molecule has 0 atom stereocenters. The fraction of sp³-hybridized carbons (Fsp3) is 0.900. The normalized spacial score (nSPS) is 11.9. The van der Waals surface area contributed by atoms with Gasteiger partial charge < -0.3 is 14.2 Å². The van der Waals surface area contributed by atoms with E-state index >= 15 is 0 Å². The maximum atomic E-state index is 11.8. The number of esters is 1. The third-order valence-corrected chi connectivity index (χ3v) is 2.01. The molecule has 0 rings (SSSR count). The zero-order valence-corrected chi connectivity index (χ0v) is 10.5. The summed E-state index contributed by atoms with van der Waals surface area (Å²) in [5.74, 6) is -0.457. The van der Waals surface area contributed by atoms with Crippen molar-refractivity contribution in [1.82, 2.24) is 4.90 Å². The van der Waals surface area contributed by atoms with Crippen LogP contribution in [0.3, 0.4) is 0 Å². The summed E-state index contributed by atoms with van der Waals surface area (Å²) in [5, 5.41) is 0. The summed E-state index contributed by atoms with van der Waals surface area (Å²) in [7, 11) is 2.74. The van der Waals surface area contributed by atoms with Crippen LogP contribution in [0.25, 0.3) is 0 Å². The predicted octanol–water partition coefficient (Wildman–Crippen LogP) is 0.687. The average molecular weight is 273 g/mol. The van der Waals surface area contributed by atoms with Gasteiger partial charge in [0.05, 0.1) is 26.9 Å². The first-order chi connectivity index (χ1) is 8.39. The van der Waals surface area contributed by atoms with Gasteiger partial charge >= 0.3 is 12.1 Å². The largest absolute Gasteiger partial charge is 0.468 e. The average Bonchev–Trinajstić information content (AvgIpc) is 2.29. The molecule has 0 unspecified atom stereocenters. The number of hydrogen-bond donors (Lipinski definition) is 0. The van der Waals surface area contributed by atoms with Crippen molar-refractivity contribution >= 4 is 5.97 Å². The van der Waals surface area contributed by atoms with E-state index in [1.165, 1.54) is 14.2 Å². The second-order valence-electron chi connectivity index (χ2n) is 3.51. The minimum Gasteiger partial charge on any atom is -0.468 e. The highest BCUT2D eigenvalue weighted by atomic mass is 19.4. The molecule has 0 fully saturated rings. The van der Waals surface area contributed by atoms with Crippen LogP contribution in [0.5, 0.6) is 0 Å². The number of ether oxygens (including phenoxy) is 3. The number of methoxy groups -OCH3 is 2. The Balaban J connectivity index is 3.89. The Morgan fingerprint density at radius 2 is 1.78 bits per heavy atom. The molecular formula is C10H18F3NO4. The second kappa shape index (κ2) is 9.12. The molecular weight excluding hydrogens is 255 g/mol. The van der Waals surface area contributed by atoms with Crippen molar-refractivity contribution in [3.63, 3.8) is 0 Å². The molecule has 0 bridgehead atoms. The summed E-state index contributed by atoms with van der Waals surface area (Å²) in [6.45, 7) is -0.412. The second-order valence-corrected chi connectivity index (χ2v) is 3.51. The topological polar surface area (TPSA) is 48.0 Å². The van der Waals surface area contributed by atoms with Crippen molar-refractivity contribution in [2.24, 2.45) is 0 Å². The summed E-state index contributed by atoms with van der Waals surface area (Å²) >= 11 is 0. The van der Waals surface area contributed by atoms with E-state index in [-0.39, 0.29) is 19.7 Å². The van der Waals surface area contributed by atoms with Crippen LogP contribution in [0, 0.1) is 0 Å². The van der Waals surface area contributed by atoms with E-state index in [1.807, 2.05) is 0 Å². The molecule has 0 aliphatic heterocycles. The van der Waals surface area contributed by atoms with E-state index in [2.05, 4.69) is 9.47 Å². The first-order valence-corrected chi connectivity index (χ1v) is 5.31. The van der Waals surface area contributed by atoms with Crippen molar-refractivity contribution in [2.45, 2.75) is 6.18 Å². The van der Waals surface area contributed by atoms with Crippen molar-refractivity contribution in [3.8, 4) is 0 Å². The van der Waals surface area contributed by atoms with Gasteiger partial charge in [0.1, 0.15) is 6.61 Å². The lowest BCUT2D eigenvalue weighted by Crippen LogP contribution is -2.36. The minimum atomic E-state index is -4.33. The SMILES string of the molecule is COCCN(CCOCC(F)(F)F)CC(=O)OC. The van der Waals surface area contributed by atoms with E-state index in [0.717, 1.165) is 0 Å². The number of carbonyl (C=O) groups excluding carboxylic acids is 1. The Bertz CT molecular complexity index is 236. The van der Waals surface area contributed by atoms with Crippen molar-refractivity contribution < 1.29 is 32.2 Å². The van der Waals surface area contributed by atoms with Gasteiger partial charge in [-0.3, -0.25) is 9.69 Å². The summed E-state index contributed by atoms with van der Waals surface area (Å²) in [6, 6.07) is 0. The molecule has 0 heterocycles. The maximum absolute atomic E-state index is 11.8. The number of nitrogens with zero attached hydrogens (tertiary/aromatic N) is 1. The molecule has 0 N–H and O–H groups in total. The molecule has 5 nitrogen and oxygen atoms in total. The molecule has 0 aliphatic carbocycles. The number of alkyl halides is 3. The lowest BCUT2D eigenvalue weighted by Gasteiger charge is -2.20. The van der Waals surface area contributed by atoms with E-state index < -0.39 is 18.8 Å². The highest BCUT2D eigenvalue weighted by Gasteiger charge is 2.27. The number of rotatable bonds is 9.